The number of piperidine rings is 1. The third-order valence-corrected chi connectivity index (χ3v) is 4.83. The van der Waals surface area contributed by atoms with Crippen molar-refractivity contribution in [1.82, 2.24) is 10.2 Å². The van der Waals surface area contributed by atoms with E-state index in [0.717, 1.165) is 38.4 Å². The number of amides is 1. The predicted molar refractivity (Wildman–Crippen MR) is 94.7 cm³/mol. The molecule has 0 radical (unpaired) electrons. The standard InChI is InChI=1S/C17H23N3O3.ClH/c1-12-10-15(20(22)23)4-5-16(12)17(21)19-8-6-14(7-9-19)18-11-13-2-3-13;/h4-5,10,13-14,18H,2-3,6-9,11H2,1H3;1H. The number of rotatable bonds is 5. The zero-order chi connectivity index (χ0) is 16.4. The second-order valence-electron chi connectivity index (χ2n) is 6.67. The molecule has 1 heterocycles. The average molecular weight is 354 g/mol. The van der Waals surface area contributed by atoms with Crippen molar-refractivity contribution in [3.05, 3.63) is 39.4 Å². The number of nitrogens with one attached hydrogen (secondary N) is 1. The van der Waals surface area contributed by atoms with E-state index in [9.17, 15) is 14.9 Å². The summed E-state index contributed by atoms with van der Waals surface area (Å²) in [5.74, 6) is 0.857. The van der Waals surface area contributed by atoms with Gasteiger partial charge < -0.3 is 10.2 Å². The van der Waals surface area contributed by atoms with Gasteiger partial charge in [0, 0.05) is 36.8 Å². The van der Waals surface area contributed by atoms with Crippen molar-refractivity contribution in [3.63, 3.8) is 0 Å². The van der Waals surface area contributed by atoms with Crippen LogP contribution in [0, 0.1) is 23.0 Å². The molecule has 1 aromatic rings. The van der Waals surface area contributed by atoms with Gasteiger partial charge in [0.2, 0.25) is 0 Å². The molecule has 2 aliphatic rings. The van der Waals surface area contributed by atoms with Gasteiger partial charge in [-0.05, 0) is 56.7 Å². The fourth-order valence-corrected chi connectivity index (χ4v) is 3.11. The molecular formula is C17H24ClN3O3. The van der Waals surface area contributed by atoms with Crippen LogP contribution < -0.4 is 5.32 Å². The smallest absolute Gasteiger partial charge is 0.269 e. The first-order valence-electron chi connectivity index (χ1n) is 8.32. The molecule has 0 aromatic heterocycles. The fraction of sp³-hybridized carbons (Fsp3) is 0.588. The van der Waals surface area contributed by atoms with Gasteiger partial charge in [-0.2, -0.15) is 0 Å². The third kappa shape index (κ3) is 4.45. The number of nitro groups is 1. The maximum absolute atomic E-state index is 12.6. The molecule has 1 aliphatic heterocycles. The minimum atomic E-state index is -0.432. The van der Waals surface area contributed by atoms with E-state index in [1.165, 1.54) is 25.0 Å². The number of nitrogens with zero attached hydrogens (tertiary/aromatic N) is 2. The number of nitro benzene ring substituents is 1. The lowest BCUT2D eigenvalue weighted by molar-refractivity contribution is -0.384. The van der Waals surface area contributed by atoms with E-state index >= 15 is 0 Å². The van der Waals surface area contributed by atoms with Gasteiger partial charge in [-0.1, -0.05) is 0 Å². The zero-order valence-electron chi connectivity index (χ0n) is 13.9. The first-order valence-corrected chi connectivity index (χ1v) is 8.32. The van der Waals surface area contributed by atoms with Crippen molar-refractivity contribution in [2.24, 2.45) is 5.92 Å². The summed E-state index contributed by atoms with van der Waals surface area (Å²) in [6.45, 7) is 4.36. The van der Waals surface area contributed by atoms with Crippen molar-refractivity contribution in [2.75, 3.05) is 19.6 Å². The molecule has 1 aromatic carbocycles. The molecule has 1 amide bonds. The molecular weight excluding hydrogens is 330 g/mol. The molecule has 0 bridgehead atoms. The van der Waals surface area contributed by atoms with E-state index in [4.69, 9.17) is 0 Å². The molecule has 1 aliphatic carbocycles. The van der Waals surface area contributed by atoms with E-state index in [-0.39, 0.29) is 24.0 Å². The van der Waals surface area contributed by atoms with Crippen LogP contribution in [0.2, 0.25) is 0 Å². The maximum Gasteiger partial charge on any atom is 0.269 e. The summed E-state index contributed by atoms with van der Waals surface area (Å²) in [5, 5.41) is 14.4. The van der Waals surface area contributed by atoms with E-state index in [1.54, 1.807) is 13.0 Å². The van der Waals surface area contributed by atoms with E-state index in [0.29, 0.717) is 17.2 Å². The van der Waals surface area contributed by atoms with Gasteiger partial charge in [0.15, 0.2) is 0 Å². The summed E-state index contributed by atoms with van der Waals surface area (Å²) >= 11 is 0. The number of carbonyl (C=O) groups is 1. The summed E-state index contributed by atoms with van der Waals surface area (Å²) in [6.07, 6.45) is 4.66. The van der Waals surface area contributed by atoms with Crippen LogP contribution >= 0.6 is 12.4 Å². The summed E-state index contributed by atoms with van der Waals surface area (Å²) in [6, 6.07) is 4.96. The topological polar surface area (TPSA) is 75.5 Å². The highest BCUT2D eigenvalue weighted by molar-refractivity contribution is 5.96. The monoisotopic (exact) mass is 353 g/mol. The minimum Gasteiger partial charge on any atom is -0.339 e. The highest BCUT2D eigenvalue weighted by atomic mass is 35.5. The highest BCUT2D eigenvalue weighted by Gasteiger charge is 2.27. The number of carbonyl (C=O) groups excluding carboxylic acids is 1. The number of hydrogen-bond donors (Lipinski definition) is 1. The molecule has 7 heteroatoms. The lowest BCUT2D eigenvalue weighted by Crippen LogP contribution is -2.45. The van der Waals surface area contributed by atoms with E-state index in [1.807, 2.05) is 4.90 Å². The van der Waals surface area contributed by atoms with Crippen LogP contribution in [0.25, 0.3) is 0 Å². The van der Waals surface area contributed by atoms with E-state index < -0.39 is 4.92 Å². The Balaban J connectivity index is 0.00000208. The Kier molecular flexibility index (Phi) is 6.18. The molecule has 0 atom stereocenters. The van der Waals surface area contributed by atoms with Crippen molar-refractivity contribution >= 4 is 24.0 Å². The quantitative estimate of drug-likeness (QED) is 0.652. The van der Waals surface area contributed by atoms with Gasteiger partial charge in [-0.25, -0.2) is 0 Å². The lowest BCUT2D eigenvalue weighted by Gasteiger charge is -2.33. The second-order valence-corrected chi connectivity index (χ2v) is 6.67. The second kappa shape index (κ2) is 7.94. The molecule has 0 unspecified atom stereocenters. The first-order chi connectivity index (χ1) is 11.0. The van der Waals surface area contributed by atoms with Crippen LogP contribution in [0.15, 0.2) is 18.2 Å². The van der Waals surface area contributed by atoms with Crippen LogP contribution in [-0.2, 0) is 0 Å². The van der Waals surface area contributed by atoms with Gasteiger partial charge in [0.25, 0.3) is 11.6 Å². The Labute approximate surface area is 148 Å². The maximum atomic E-state index is 12.6. The largest absolute Gasteiger partial charge is 0.339 e. The van der Waals surface area contributed by atoms with Crippen LogP contribution in [0.1, 0.15) is 41.6 Å². The molecule has 1 N–H and O–H groups in total. The van der Waals surface area contributed by atoms with Crippen LogP contribution in [0.5, 0.6) is 0 Å². The molecule has 2 fully saturated rings. The molecule has 1 saturated carbocycles. The van der Waals surface area contributed by atoms with Gasteiger partial charge in [0.05, 0.1) is 4.92 Å². The normalized spacial score (nSPS) is 18.1. The number of non-ortho nitro benzene ring substituents is 1. The molecule has 6 nitrogen and oxygen atoms in total. The van der Waals surface area contributed by atoms with E-state index in [2.05, 4.69) is 5.32 Å². The SMILES string of the molecule is Cc1cc([N+](=O)[O-])ccc1C(=O)N1CCC(NCC2CC2)CC1.Cl. The molecule has 132 valence electrons. The average Bonchev–Trinajstić information content (AvgIpc) is 3.37. The molecule has 1 saturated heterocycles. The van der Waals surface area contributed by atoms with Crippen molar-refractivity contribution < 1.29 is 9.72 Å². The number of aryl methyl sites for hydroxylation is 1. The Bertz CT molecular complexity index is 611. The summed E-state index contributed by atoms with van der Waals surface area (Å²) < 4.78 is 0. The first kappa shape index (κ1) is 18.7. The Morgan fingerprint density at radius 3 is 2.50 bits per heavy atom. The Morgan fingerprint density at radius 2 is 1.96 bits per heavy atom. The number of likely N-dealkylation sites (tertiary alicyclic amines) is 1. The lowest BCUT2D eigenvalue weighted by atomic mass is 10.0. The van der Waals surface area contributed by atoms with Crippen LogP contribution in [-0.4, -0.2) is 41.4 Å². The number of hydrogen-bond acceptors (Lipinski definition) is 4. The van der Waals surface area contributed by atoms with Gasteiger partial charge in [-0.15, -0.1) is 12.4 Å². The molecule has 0 spiro atoms. The third-order valence-electron chi connectivity index (χ3n) is 4.83. The van der Waals surface area contributed by atoms with Crippen molar-refractivity contribution in [2.45, 2.75) is 38.6 Å². The van der Waals surface area contributed by atoms with Crippen LogP contribution in [0.4, 0.5) is 5.69 Å². The molecule has 3 rings (SSSR count). The Morgan fingerprint density at radius 1 is 1.29 bits per heavy atom. The summed E-state index contributed by atoms with van der Waals surface area (Å²) in [7, 11) is 0. The van der Waals surface area contributed by atoms with Crippen molar-refractivity contribution in [1.29, 1.82) is 0 Å². The Hall–Kier alpha value is -1.66. The zero-order valence-corrected chi connectivity index (χ0v) is 14.7. The summed E-state index contributed by atoms with van der Waals surface area (Å²) in [5.41, 5.74) is 1.26. The van der Waals surface area contributed by atoms with Gasteiger partial charge in [-0.3, -0.25) is 14.9 Å². The molecule has 24 heavy (non-hydrogen) atoms. The minimum absolute atomic E-state index is 0. The highest BCUT2D eigenvalue weighted by Crippen LogP contribution is 2.28. The van der Waals surface area contributed by atoms with Crippen LogP contribution in [0.3, 0.4) is 0 Å². The number of benzene rings is 1. The summed E-state index contributed by atoms with van der Waals surface area (Å²) in [4.78, 5) is 24.8. The van der Waals surface area contributed by atoms with Crippen molar-refractivity contribution in [3.8, 4) is 0 Å². The number of halogens is 1. The predicted octanol–water partition coefficient (Wildman–Crippen LogP) is 2.93. The van der Waals surface area contributed by atoms with Gasteiger partial charge >= 0.3 is 0 Å². The van der Waals surface area contributed by atoms with Gasteiger partial charge in [0.1, 0.15) is 0 Å². The fourth-order valence-electron chi connectivity index (χ4n) is 3.11.